The third-order valence-corrected chi connectivity index (χ3v) is 6.71. The second kappa shape index (κ2) is 8.92. The number of alkyl halides is 3. The molecule has 2 bridgehead atoms. The van der Waals surface area contributed by atoms with Crippen molar-refractivity contribution in [1.29, 1.82) is 0 Å². The van der Waals surface area contributed by atoms with Crippen LogP contribution in [0.2, 0.25) is 0 Å². The molecule has 3 heterocycles. The number of anilines is 1. The molecular weight excluding hydrogens is 478 g/mol. The van der Waals surface area contributed by atoms with Crippen LogP contribution in [0.5, 0.6) is 0 Å². The number of benzene rings is 2. The fourth-order valence-corrected chi connectivity index (χ4v) is 4.99. The number of piperidine rings is 1. The summed E-state index contributed by atoms with van der Waals surface area (Å²) in [6.07, 6.45) is -3.70. The largest absolute Gasteiger partial charge is 0.416 e. The van der Waals surface area contributed by atoms with Crippen LogP contribution in [0.25, 0.3) is 0 Å². The highest BCUT2D eigenvalue weighted by atomic mass is 19.4. The molecule has 2 aromatic carbocycles. The van der Waals surface area contributed by atoms with Crippen LogP contribution in [0, 0.1) is 11.7 Å². The number of rotatable bonds is 3. The first-order chi connectivity index (χ1) is 17.1. The summed E-state index contributed by atoms with van der Waals surface area (Å²) in [5.74, 6) is -1.35. The number of hydrogen-bond acceptors (Lipinski definition) is 3. The molecule has 0 spiro atoms. The lowest BCUT2D eigenvalue weighted by Gasteiger charge is -2.43. The molecule has 1 saturated heterocycles. The third-order valence-electron chi connectivity index (χ3n) is 6.71. The van der Waals surface area contributed by atoms with Gasteiger partial charge >= 0.3 is 6.18 Å². The summed E-state index contributed by atoms with van der Waals surface area (Å²) in [5, 5.41) is 2.50. The lowest BCUT2D eigenvalue weighted by Crippen LogP contribution is -2.49. The molecule has 1 aromatic heterocycles. The van der Waals surface area contributed by atoms with Gasteiger partial charge in [0.05, 0.1) is 5.56 Å². The maximum absolute atomic E-state index is 13.2. The van der Waals surface area contributed by atoms with E-state index in [4.69, 9.17) is 0 Å². The Morgan fingerprint density at radius 3 is 2.19 bits per heavy atom. The van der Waals surface area contributed by atoms with Crippen molar-refractivity contribution in [2.24, 2.45) is 5.92 Å². The number of nitrogens with one attached hydrogen (secondary N) is 1. The zero-order valence-electron chi connectivity index (χ0n) is 18.9. The second-order valence-electron chi connectivity index (χ2n) is 9.13. The first kappa shape index (κ1) is 23.8. The minimum atomic E-state index is -4.51. The first-order valence-electron chi connectivity index (χ1n) is 11.4. The van der Waals surface area contributed by atoms with E-state index in [1.165, 1.54) is 30.3 Å². The molecule has 36 heavy (non-hydrogen) atoms. The van der Waals surface area contributed by atoms with Gasteiger partial charge in [-0.2, -0.15) is 13.2 Å². The number of pyridine rings is 1. The van der Waals surface area contributed by atoms with Gasteiger partial charge in [0.25, 0.3) is 17.4 Å². The summed E-state index contributed by atoms with van der Waals surface area (Å²) in [5.41, 5.74) is -0.0950. The Kier molecular flexibility index (Phi) is 5.89. The molecule has 2 aliphatic heterocycles. The number of hydrogen-bond donors (Lipinski definition) is 1. The number of carbonyl (C=O) groups excluding carboxylic acids is 2. The zero-order chi connectivity index (χ0) is 25.6. The molecule has 2 amide bonds. The Morgan fingerprint density at radius 1 is 0.861 bits per heavy atom. The molecular formula is C26H21F4N3O3. The molecule has 2 aliphatic rings. The predicted octanol–water partition coefficient (Wildman–Crippen LogP) is 4.52. The molecule has 186 valence electrons. The second-order valence-corrected chi connectivity index (χ2v) is 9.13. The number of amides is 2. The SMILES string of the molecule is O=C(Nc1ccc2n(c1=O)CC1CC2CN(C(=O)c2ccc(F)cc2)C1)c1ccc(C(F)(F)F)cc1. The molecule has 1 fully saturated rings. The number of nitrogens with zero attached hydrogens (tertiary/aromatic N) is 2. The lowest BCUT2D eigenvalue weighted by atomic mass is 9.83. The van der Waals surface area contributed by atoms with Gasteiger partial charge in [0.2, 0.25) is 0 Å². The molecule has 0 saturated carbocycles. The zero-order valence-corrected chi connectivity index (χ0v) is 18.9. The van der Waals surface area contributed by atoms with Crippen molar-refractivity contribution in [3.05, 3.63) is 99.2 Å². The van der Waals surface area contributed by atoms with E-state index in [1.807, 2.05) is 0 Å². The maximum atomic E-state index is 13.2. The number of halogens is 4. The van der Waals surface area contributed by atoms with Gasteiger partial charge < -0.3 is 14.8 Å². The van der Waals surface area contributed by atoms with Crippen LogP contribution in [-0.4, -0.2) is 34.4 Å². The Morgan fingerprint density at radius 2 is 1.53 bits per heavy atom. The summed E-state index contributed by atoms with van der Waals surface area (Å²) >= 11 is 0. The van der Waals surface area contributed by atoms with Crippen molar-refractivity contribution in [2.45, 2.75) is 25.1 Å². The summed E-state index contributed by atoms with van der Waals surface area (Å²) in [6, 6.07) is 12.4. The van der Waals surface area contributed by atoms with E-state index in [0.29, 0.717) is 25.2 Å². The summed E-state index contributed by atoms with van der Waals surface area (Å²) in [4.78, 5) is 40.4. The minimum Gasteiger partial charge on any atom is -0.338 e. The van der Waals surface area contributed by atoms with Gasteiger partial charge in [0, 0.05) is 42.4 Å². The predicted molar refractivity (Wildman–Crippen MR) is 123 cm³/mol. The van der Waals surface area contributed by atoms with E-state index in [9.17, 15) is 31.9 Å². The molecule has 2 unspecified atom stereocenters. The smallest absolute Gasteiger partial charge is 0.338 e. The highest BCUT2D eigenvalue weighted by molar-refractivity contribution is 6.04. The molecule has 5 rings (SSSR count). The minimum absolute atomic E-state index is 0.00284. The third kappa shape index (κ3) is 4.50. The fourth-order valence-electron chi connectivity index (χ4n) is 4.99. The summed E-state index contributed by atoms with van der Waals surface area (Å²) in [7, 11) is 0. The maximum Gasteiger partial charge on any atom is 0.416 e. The van der Waals surface area contributed by atoms with Gasteiger partial charge in [-0.25, -0.2) is 4.39 Å². The van der Waals surface area contributed by atoms with E-state index >= 15 is 0 Å². The van der Waals surface area contributed by atoms with E-state index < -0.39 is 29.0 Å². The molecule has 6 nitrogen and oxygen atoms in total. The average molecular weight is 499 g/mol. The normalized spacial score (nSPS) is 18.9. The molecule has 2 atom stereocenters. The number of aromatic nitrogens is 1. The van der Waals surface area contributed by atoms with Crippen molar-refractivity contribution in [2.75, 3.05) is 18.4 Å². The Labute approximate surface area is 203 Å². The molecule has 1 N–H and O–H groups in total. The Hall–Kier alpha value is -3.95. The van der Waals surface area contributed by atoms with Crippen LogP contribution in [0.1, 0.15) is 44.3 Å². The monoisotopic (exact) mass is 499 g/mol. The van der Waals surface area contributed by atoms with Gasteiger partial charge in [0.15, 0.2) is 0 Å². The van der Waals surface area contributed by atoms with Crippen LogP contribution in [0.3, 0.4) is 0 Å². The highest BCUT2D eigenvalue weighted by Gasteiger charge is 2.37. The number of fused-ring (bicyclic) bond motifs is 4. The first-order valence-corrected chi connectivity index (χ1v) is 11.4. The Balaban J connectivity index is 1.34. The molecule has 10 heteroatoms. The van der Waals surface area contributed by atoms with Gasteiger partial charge in [-0.3, -0.25) is 14.4 Å². The van der Waals surface area contributed by atoms with Crippen molar-refractivity contribution in [3.63, 3.8) is 0 Å². The van der Waals surface area contributed by atoms with Gasteiger partial charge in [-0.05, 0) is 73.0 Å². The standard InChI is InChI=1S/C26H21F4N3O3/c27-20-7-3-17(4-8-20)24(35)32-12-15-11-18(14-32)22-10-9-21(25(36)33(22)13-15)31-23(34)16-1-5-19(6-2-16)26(28,29)30/h1-10,15,18H,11-14H2,(H,31,34). The van der Waals surface area contributed by atoms with E-state index in [-0.39, 0.29) is 29.0 Å². The van der Waals surface area contributed by atoms with E-state index in [0.717, 1.165) is 36.4 Å². The topological polar surface area (TPSA) is 71.4 Å². The molecule has 3 aromatic rings. The number of likely N-dealkylation sites (tertiary alicyclic amines) is 1. The van der Waals surface area contributed by atoms with Gasteiger partial charge in [-0.1, -0.05) is 0 Å². The van der Waals surface area contributed by atoms with Crippen molar-refractivity contribution in [1.82, 2.24) is 9.47 Å². The van der Waals surface area contributed by atoms with Crippen molar-refractivity contribution in [3.8, 4) is 0 Å². The Bertz CT molecular complexity index is 1380. The fraction of sp³-hybridized carbons (Fsp3) is 0.269. The quantitative estimate of drug-likeness (QED) is 0.539. The van der Waals surface area contributed by atoms with Crippen molar-refractivity contribution < 1.29 is 27.2 Å². The molecule has 0 aliphatic carbocycles. The van der Waals surface area contributed by atoms with Gasteiger partial charge in [0.1, 0.15) is 11.5 Å². The van der Waals surface area contributed by atoms with Crippen LogP contribution in [-0.2, 0) is 12.7 Å². The van der Waals surface area contributed by atoms with Crippen LogP contribution >= 0.6 is 0 Å². The van der Waals surface area contributed by atoms with Gasteiger partial charge in [-0.15, -0.1) is 0 Å². The number of carbonyl (C=O) groups is 2. The van der Waals surface area contributed by atoms with Crippen LogP contribution in [0.4, 0.5) is 23.2 Å². The van der Waals surface area contributed by atoms with E-state index in [2.05, 4.69) is 5.32 Å². The van der Waals surface area contributed by atoms with E-state index in [1.54, 1.807) is 15.5 Å². The van der Waals surface area contributed by atoms with Crippen LogP contribution in [0.15, 0.2) is 65.5 Å². The molecule has 0 radical (unpaired) electrons. The van der Waals surface area contributed by atoms with Crippen LogP contribution < -0.4 is 10.9 Å². The summed E-state index contributed by atoms with van der Waals surface area (Å²) < 4.78 is 53.1. The lowest BCUT2D eigenvalue weighted by molar-refractivity contribution is -0.137. The average Bonchev–Trinajstić information content (AvgIpc) is 2.85. The summed E-state index contributed by atoms with van der Waals surface area (Å²) in [6.45, 7) is 1.21. The van der Waals surface area contributed by atoms with Crippen molar-refractivity contribution >= 4 is 17.5 Å². The highest BCUT2D eigenvalue weighted by Crippen LogP contribution is 2.36.